The monoisotopic (exact) mass is 278 g/mol. The number of aldehydes is 1. The molecule has 0 saturated carbocycles. The van der Waals surface area contributed by atoms with E-state index < -0.39 is 0 Å². The van der Waals surface area contributed by atoms with Gasteiger partial charge in [0.15, 0.2) is 5.16 Å². The van der Waals surface area contributed by atoms with Crippen LogP contribution in [0.25, 0.3) is 0 Å². The van der Waals surface area contributed by atoms with Gasteiger partial charge in [-0.05, 0) is 43.8 Å². The van der Waals surface area contributed by atoms with E-state index in [0.717, 1.165) is 22.6 Å². The van der Waals surface area contributed by atoms with Crippen LogP contribution in [0.15, 0.2) is 34.3 Å². The Hall–Kier alpha value is -1.39. The van der Waals surface area contributed by atoms with Gasteiger partial charge in [-0.15, -0.1) is 0 Å². The number of rotatable bonds is 3. The summed E-state index contributed by atoms with van der Waals surface area (Å²) in [6.07, 6.45) is 0.771. The molecular weight excluding hydrogens is 268 g/mol. The van der Waals surface area contributed by atoms with E-state index in [-0.39, 0.29) is 0 Å². The zero-order valence-corrected chi connectivity index (χ0v) is 11.5. The van der Waals surface area contributed by atoms with E-state index in [9.17, 15) is 4.79 Å². The number of carbonyl (C=O) groups is 1. The van der Waals surface area contributed by atoms with Gasteiger partial charge in [0.2, 0.25) is 0 Å². The number of aryl methyl sites for hydroxylation is 2. The van der Waals surface area contributed by atoms with E-state index in [1.807, 2.05) is 19.9 Å². The Morgan fingerprint density at radius 3 is 2.39 bits per heavy atom. The molecule has 0 N–H and O–H groups in total. The first-order valence-electron chi connectivity index (χ1n) is 5.33. The number of carbonyl (C=O) groups excluding carboxylic acids is 1. The van der Waals surface area contributed by atoms with Gasteiger partial charge in [0, 0.05) is 21.8 Å². The predicted molar refractivity (Wildman–Crippen MR) is 72.5 cm³/mol. The zero-order valence-electron chi connectivity index (χ0n) is 9.98. The van der Waals surface area contributed by atoms with Crippen LogP contribution in [0.1, 0.15) is 21.7 Å². The van der Waals surface area contributed by atoms with Crippen molar-refractivity contribution in [2.45, 2.75) is 23.9 Å². The van der Waals surface area contributed by atoms with Gasteiger partial charge < -0.3 is 0 Å². The molecule has 0 bridgehead atoms. The molecule has 0 atom stereocenters. The van der Waals surface area contributed by atoms with Crippen molar-refractivity contribution >= 4 is 29.6 Å². The summed E-state index contributed by atoms with van der Waals surface area (Å²) in [7, 11) is 0. The standard InChI is InChI=1S/C13H11ClN2OS/c1-8-5-9(2)16-13(15-8)18-12-4-3-10(7-17)6-11(12)14/h3-7H,1-2H3. The van der Waals surface area contributed by atoms with Gasteiger partial charge in [0.25, 0.3) is 0 Å². The number of aromatic nitrogens is 2. The first kappa shape index (κ1) is 13.1. The van der Waals surface area contributed by atoms with Crippen molar-refractivity contribution in [3.05, 3.63) is 46.2 Å². The quantitative estimate of drug-likeness (QED) is 0.634. The van der Waals surface area contributed by atoms with Crippen molar-refractivity contribution in [3.63, 3.8) is 0 Å². The minimum atomic E-state index is 0.535. The van der Waals surface area contributed by atoms with E-state index in [1.165, 1.54) is 11.8 Å². The molecule has 0 aliphatic heterocycles. The van der Waals surface area contributed by atoms with Gasteiger partial charge in [0.05, 0.1) is 5.02 Å². The minimum absolute atomic E-state index is 0.535. The minimum Gasteiger partial charge on any atom is -0.298 e. The third-order valence-corrected chi connectivity index (χ3v) is 3.62. The Balaban J connectivity index is 2.31. The van der Waals surface area contributed by atoms with Gasteiger partial charge in [-0.3, -0.25) is 4.79 Å². The first-order valence-corrected chi connectivity index (χ1v) is 6.53. The highest BCUT2D eigenvalue weighted by atomic mass is 35.5. The highest BCUT2D eigenvalue weighted by Crippen LogP contribution is 2.31. The molecule has 2 aromatic rings. The molecule has 2 rings (SSSR count). The lowest BCUT2D eigenvalue weighted by molar-refractivity contribution is 0.112. The first-order chi connectivity index (χ1) is 8.58. The topological polar surface area (TPSA) is 42.9 Å². The Morgan fingerprint density at radius 2 is 1.83 bits per heavy atom. The lowest BCUT2D eigenvalue weighted by atomic mass is 10.2. The van der Waals surface area contributed by atoms with E-state index in [1.54, 1.807) is 18.2 Å². The molecule has 1 aromatic carbocycles. The Bertz CT molecular complexity index is 581. The number of hydrogen-bond donors (Lipinski definition) is 0. The Kier molecular flexibility index (Phi) is 3.99. The number of hydrogen-bond acceptors (Lipinski definition) is 4. The summed E-state index contributed by atoms with van der Waals surface area (Å²) in [5.41, 5.74) is 2.40. The Morgan fingerprint density at radius 1 is 1.17 bits per heavy atom. The second-order valence-corrected chi connectivity index (χ2v) is 5.26. The molecule has 1 aromatic heterocycles. The summed E-state index contributed by atoms with van der Waals surface area (Å²) >= 11 is 7.49. The van der Waals surface area contributed by atoms with Gasteiger partial charge in [-0.2, -0.15) is 0 Å². The van der Waals surface area contributed by atoms with Crippen LogP contribution in [0, 0.1) is 13.8 Å². The SMILES string of the molecule is Cc1cc(C)nc(Sc2ccc(C=O)cc2Cl)n1. The molecule has 0 radical (unpaired) electrons. The molecule has 18 heavy (non-hydrogen) atoms. The highest BCUT2D eigenvalue weighted by Gasteiger charge is 2.07. The van der Waals surface area contributed by atoms with Crippen molar-refractivity contribution in [3.8, 4) is 0 Å². The summed E-state index contributed by atoms with van der Waals surface area (Å²) in [5.74, 6) is 0. The normalized spacial score (nSPS) is 10.4. The maximum atomic E-state index is 10.6. The third-order valence-electron chi connectivity index (χ3n) is 2.26. The van der Waals surface area contributed by atoms with E-state index in [4.69, 9.17) is 11.6 Å². The summed E-state index contributed by atoms with van der Waals surface area (Å²) in [6.45, 7) is 3.85. The maximum absolute atomic E-state index is 10.6. The van der Waals surface area contributed by atoms with E-state index in [0.29, 0.717) is 15.7 Å². The molecule has 0 aliphatic rings. The van der Waals surface area contributed by atoms with Crippen LogP contribution < -0.4 is 0 Å². The Labute approximate surface area is 115 Å². The fourth-order valence-electron chi connectivity index (χ4n) is 1.51. The van der Waals surface area contributed by atoms with Crippen molar-refractivity contribution in [2.75, 3.05) is 0 Å². The van der Waals surface area contributed by atoms with Crippen LogP contribution in [0.5, 0.6) is 0 Å². The molecule has 0 unspecified atom stereocenters. The van der Waals surface area contributed by atoms with Crippen molar-refractivity contribution in [1.82, 2.24) is 9.97 Å². The zero-order chi connectivity index (χ0) is 13.1. The van der Waals surface area contributed by atoms with Crippen LogP contribution >= 0.6 is 23.4 Å². The van der Waals surface area contributed by atoms with Gasteiger partial charge in [-0.25, -0.2) is 9.97 Å². The summed E-state index contributed by atoms with van der Waals surface area (Å²) in [4.78, 5) is 20.1. The largest absolute Gasteiger partial charge is 0.298 e. The third kappa shape index (κ3) is 3.09. The van der Waals surface area contributed by atoms with Crippen molar-refractivity contribution < 1.29 is 4.79 Å². The lowest BCUT2D eigenvalue weighted by Crippen LogP contribution is -1.92. The molecule has 0 aliphatic carbocycles. The van der Waals surface area contributed by atoms with Crippen molar-refractivity contribution in [1.29, 1.82) is 0 Å². The van der Waals surface area contributed by atoms with Gasteiger partial charge in [0.1, 0.15) is 6.29 Å². The van der Waals surface area contributed by atoms with Crippen LogP contribution in [0.3, 0.4) is 0 Å². The van der Waals surface area contributed by atoms with Crippen LogP contribution in [-0.4, -0.2) is 16.3 Å². The molecule has 0 fully saturated rings. The predicted octanol–water partition coefficient (Wildman–Crippen LogP) is 3.71. The van der Waals surface area contributed by atoms with Gasteiger partial charge >= 0.3 is 0 Å². The number of benzene rings is 1. The molecule has 92 valence electrons. The molecule has 5 heteroatoms. The molecule has 0 saturated heterocycles. The van der Waals surface area contributed by atoms with Gasteiger partial charge in [-0.1, -0.05) is 17.7 Å². The molecule has 1 heterocycles. The van der Waals surface area contributed by atoms with E-state index in [2.05, 4.69) is 9.97 Å². The smallest absolute Gasteiger partial charge is 0.192 e. The van der Waals surface area contributed by atoms with Crippen LogP contribution in [0.2, 0.25) is 5.02 Å². The fraction of sp³-hybridized carbons (Fsp3) is 0.154. The highest BCUT2D eigenvalue weighted by molar-refractivity contribution is 7.99. The maximum Gasteiger partial charge on any atom is 0.192 e. The second-order valence-electron chi connectivity index (χ2n) is 3.84. The summed E-state index contributed by atoms with van der Waals surface area (Å²) in [5, 5.41) is 1.20. The lowest BCUT2D eigenvalue weighted by Gasteiger charge is -2.05. The van der Waals surface area contributed by atoms with Crippen LogP contribution in [-0.2, 0) is 0 Å². The molecule has 3 nitrogen and oxygen atoms in total. The molecule has 0 amide bonds. The number of halogens is 1. The summed E-state index contributed by atoms with van der Waals surface area (Å²) < 4.78 is 0. The van der Waals surface area contributed by atoms with E-state index >= 15 is 0 Å². The van der Waals surface area contributed by atoms with Crippen molar-refractivity contribution in [2.24, 2.45) is 0 Å². The average Bonchev–Trinajstić information content (AvgIpc) is 2.30. The molecular formula is C13H11ClN2OS. The fourth-order valence-corrected chi connectivity index (χ4v) is 2.68. The second kappa shape index (κ2) is 5.50. The average molecular weight is 279 g/mol. The summed E-state index contributed by atoms with van der Waals surface area (Å²) in [6, 6.07) is 7.09. The number of nitrogens with zero attached hydrogens (tertiary/aromatic N) is 2. The van der Waals surface area contributed by atoms with Crippen LogP contribution in [0.4, 0.5) is 0 Å². The molecule has 0 spiro atoms.